The zero-order chi connectivity index (χ0) is 14.4. The van der Waals surface area contributed by atoms with E-state index in [1.807, 2.05) is 30.3 Å². The molecule has 0 fully saturated rings. The number of nitrogen functional groups attached to an aromatic ring is 1. The average Bonchev–Trinajstić information content (AvgIpc) is 2.91. The third-order valence-corrected chi connectivity index (χ3v) is 3.96. The number of carbonyl (C=O) groups excluding carboxylic acids is 1. The standard InChI is InChI=1S/C15H19N3OS/c16-13-5-3-12(4-6-13)10-18(11-15(17)19)8-7-14-2-1-9-20-14/h1-6,9H,7-8,10-11,16H2,(H2,17,19). The van der Waals surface area contributed by atoms with E-state index in [4.69, 9.17) is 11.5 Å². The van der Waals surface area contributed by atoms with Crippen LogP contribution in [0, 0.1) is 0 Å². The highest BCUT2D eigenvalue weighted by atomic mass is 32.1. The first-order chi connectivity index (χ1) is 9.63. The summed E-state index contributed by atoms with van der Waals surface area (Å²) < 4.78 is 0. The minimum atomic E-state index is -0.299. The van der Waals surface area contributed by atoms with E-state index in [2.05, 4.69) is 16.3 Å². The van der Waals surface area contributed by atoms with E-state index in [9.17, 15) is 4.79 Å². The van der Waals surface area contributed by atoms with Crippen LogP contribution in [0.15, 0.2) is 41.8 Å². The van der Waals surface area contributed by atoms with Crippen LogP contribution in [0.4, 0.5) is 5.69 Å². The van der Waals surface area contributed by atoms with Crippen molar-refractivity contribution in [1.82, 2.24) is 4.90 Å². The van der Waals surface area contributed by atoms with E-state index in [0.717, 1.165) is 24.2 Å². The van der Waals surface area contributed by atoms with Crippen molar-refractivity contribution in [1.29, 1.82) is 0 Å². The molecule has 1 heterocycles. The van der Waals surface area contributed by atoms with Gasteiger partial charge < -0.3 is 11.5 Å². The van der Waals surface area contributed by atoms with Gasteiger partial charge in [-0.1, -0.05) is 18.2 Å². The smallest absolute Gasteiger partial charge is 0.231 e. The van der Waals surface area contributed by atoms with E-state index in [1.54, 1.807) is 11.3 Å². The second kappa shape index (κ2) is 7.07. The highest BCUT2D eigenvalue weighted by molar-refractivity contribution is 7.09. The molecule has 0 saturated heterocycles. The van der Waals surface area contributed by atoms with Crippen LogP contribution in [-0.2, 0) is 17.8 Å². The molecule has 0 aliphatic carbocycles. The van der Waals surface area contributed by atoms with Gasteiger partial charge in [0, 0.05) is 23.7 Å². The molecule has 1 aromatic heterocycles. The normalized spacial score (nSPS) is 10.8. The van der Waals surface area contributed by atoms with Crippen molar-refractivity contribution in [2.24, 2.45) is 5.73 Å². The Bertz CT molecular complexity index is 537. The summed E-state index contributed by atoms with van der Waals surface area (Å²) in [5, 5.41) is 2.06. The number of nitrogens with zero attached hydrogens (tertiary/aromatic N) is 1. The Labute approximate surface area is 123 Å². The summed E-state index contributed by atoms with van der Waals surface area (Å²) in [6.07, 6.45) is 0.930. The molecule has 20 heavy (non-hydrogen) atoms. The summed E-state index contributed by atoms with van der Waals surface area (Å²) in [7, 11) is 0. The molecule has 0 spiro atoms. The Morgan fingerprint density at radius 1 is 1.20 bits per heavy atom. The van der Waals surface area contributed by atoms with Crippen LogP contribution in [0.25, 0.3) is 0 Å². The van der Waals surface area contributed by atoms with Gasteiger partial charge in [0.05, 0.1) is 6.54 Å². The highest BCUT2D eigenvalue weighted by Gasteiger charge is 2.09. The Balaban J connectivity index is 1.95. The first-order valence-corrected chi connectivity index (χ1v) is 7.39. The van der Waals surface area contributed by atoms with Gasteiger partial charge in [-0.25, -0.2) is 0 Å². The average molecular weight is 289 g/mol. The minimum absolute atomic E-state index is 0.274. The molecule has 1 amide bonds. The van der Waals surface area contributed by atoms with Gasteiger partial charge in [-0.05, 0) is 35.6 Å². The number of benzene rings is 1. The molecule has 0 saturated carbocycles. The van der Waals surface area contributed by atoms with Crippen molar-refractivity contribution >= 4 is 22.9 Å². The maximum absolute atomic E-state index is 11.2. The van der Waals surface area contributed by atoms with Gasteiger partial charge in [0.25, 0.3) is 0 Å². The fourth-order valence-corrected chi connectivity index (χ4v) is 2.74. The van der Waals surface area contributed by atoms with Gasteiger partial charge in [0.1, 0.15) is 0 Å². The largest absolute Gasteiger partial charge is 0.399 e. The van der Waals surface area contributed by atoms with Crippen LogP contribution in [-0.4, -0.2) is 23.9 Å². The lowest BCUT2D eigenvalue weighted by Crippen LogP contribution is -2.34. The lowest BCUT2D eigenvalue weighted by molar-refractivity contribution is -0.119. The third-order valence-electron chi connectivity index (χ3n) is 3.02. The maximum Gasteiger partial charge on any atom is 0.231 e. The molecule has 5 heteroatoms. The second-order valence-corrected chi connectivity index (χ2v) is 5.78. The number of carbonyl (C=O) groups is 1. The van der Waals surface area contributed by atoms with Crippen LogP contribution >= 0.6 is 11.3 Å². The zero-order valence-electron chi connectivity index (χ0n) is 11.3. The molecule has 2 rings (SSSR count). The van der Waals surface area contributed by atoms with Crippen molar-refractivity contribution in [2.75, 3.05) is 18.8 Å². The number of hydrogen-bond acceptors (Lipinski definition) is 4. The van der Waals surface area contributed by atoms with Crippen LogP contribution in [0.1, 0.15) is 10.4 Å². The summed E-state index contributed by atoms with van der Waals surface area (Å²) in [6.45, 7) is 1.79. The SMILES string of the molecule is NC(=O)CN(CCc1cccs1)Cc1ccc(N)cc1. The van der Waals surface area contributed by atoms with Crippen LogP contribution in [0.3, 0.4) is 0 Å². The molecule has 4 N–H and O–H groups in total. The number of hydrogen-bond donors (Lipinski definition) is 2. The molecule has 0 aliphatic heterocycles. The lowest BCUT2D eigenvalue weighted by Gasteiger charge is -2.20. The number of thiophene rings is 1. The van der Waals surface area contributed by atoms with Gasteiger partial charge in [-0.3, -0.25) is 9.69 Å². The van der Waals surface area contributed by atoms with Gasteiger partial charge in [-0.2, -0.15) is 0 Å². The third kappa shape index (κ3) is 4.68. The summed E-state index contributed by atoms with van der Waals surface area (Å²) in [4.78, 5) is 14.6. The molecule has 2 aromatic rings. The molecular formula is C15H19N3OS. The predicted molar refractivity (Wildman–Crippen MR) is 83.3 cm³/mol. The Morgan fingerprint density at radius 2 is 1.95 bits per heavy atom. The topological polar surface area (TPSA) is 72.4 Å². The monoisotopic (exact) mass is 289 g/mol. The summed E-state index contributed by atoms with van der Waals surface area (Å²) >= 11 is 1.73. The first kappa shape index (κ1) is 14.6. The van der Waals surface area contributed by atoms with E-state index < -0.39 is 0 Å². The van der Waals surface area contributed by atoms with Crippen molar-refractivity contribution in [3.8, 4) is 0 Å². The highest BCUT2D eigenvalue weighted by Crippen LogP contribution is 2.12. The Hall–Kier alpha value is -1.85. The first-order valence-electron chi connectivity index (χ1n) is 6.51. The number of primary amides is 1. The van der Waals surface area contributed by atoms with Crippen molar-refractivity contribution in [2.45, 2.75) is 13.0 Å². The number of anilines is 1. The fourth-order valence-electron chi connectivity index (χ4n) is 2.04. The molecule has 106 valence electrons. The molecule has 1 aromatic carbocycles. The van der Waals surface area contributed by atoms with Crippen LogP contribution in [0.5, 0.6) is 0 Å². The Kier molecular flexibility index (Phi) is 5.15. The van der Waals surface area contributed by atoms with Gasteiger partial charge in [0.2, 0.25) is 5.91 Å². The van der Waals surface area contributed by atoms with Gasteiger partial charge in [0.15, 0.2) is 0 Å². The zero-order valence-corrected chi connectivity index (χ0v) is 12.1. The van der Waals surface area contributed by atoms with Crippen LogP contribution in [0.2, 0.25) is 0 Å². The van der Waals surface area contributed by atoms with Crippen molar-refractivity contribution < 1.29 is 4.79 Å². The number of nitrogens with two attached hydrogens (primary N) is 2. The predicted octanol–water partition coefficient (Wildman–Crippen LogP) is 1.86. The van der Waals surface area contributed by atoms with Crippen LogP contribution < -0.4 is 11.5 Å². The van der Waals surface area contributed by atoms with Gasteiger partial charge >= 0.3 is 0 Å². The summed E-state index contributed by atoms with van der Waals surface area (Å²) in [5.74, 6) is -0.299. The maximum atomic E-state index is 11.2. The molecule has 0 unspecified atom stereocenters. The summed E-state index contributed by atoms with van der Waals surface area (Å²) in [5.41, 5.74) is 12.9. The minimum Gasteiger partial charge on any atom is -0.399 e. The fraction of sp³-hybridized carbons (Fsp3) is 0.267. The molecular weight excluding hydrogens is 270 g/mol. The van der Waals surface area contributed by atoms with E-state index in [0.29, 0.717) is 6.54 Å². The van der Waals surface area contributed by atoms with E-state index in [-0.39, 0.29) is 12.5 Å². The summed E-state index contributed by atoms with van der Waals surface area (Å²) in [6, 6.07) is 11.9. The quantitative estimate of drug-likeness (QED) is 0.764. The molecule has 0 radical (unpaired) electrons. The van der Waals surface area contributed by atoms with E-state index >= 15 is 0 Å². The number of rotatable bonds is 7. The molecule has 4 nitrogen and oxygen atoms in total. The molecule has 0 bridgehead atoms. The number of amides is 1. The van der Waals surface area contributed by atoms with Crippen molar-refractivity contribution in [3.63, 3.8) is 0 Å². The molecule has 0 aliphatic rings. The van der Waals surface area contributed by atoms with E-state index in [1.165, 1.54) is 4.88 Å². The molecule has 0 atom stereocenters. The van der Waals surface area contributed by atoms with Crippen molar-refractivity contribution in [3.05, 3.63) is 52.2 Å². The van der Waals surface area contributed by atoms with Gasteiger partial charge in [-0.15, -0.1) is 11.3 Å². The Morgan fingerprint density at radius 3 is 2.55 bits per heavy atom. The lowest BCUT2D eigenvalue weighted by atomic mass is 10.2. The second-order valence-electron chi connectivity index (χ2n) is 4.75.